The average molecular weight is 800 g/mol. The molecule has 4 amide bonds. The van der Waals surface area contributed by atoms with Crippen molar-refractivity contribution >= 4 is 44.6 Å². The third-order valence-electron chi connectivity index (χ3n) is 11.9. The number of likely N-dealkylation sites (tertiary alicyclic amines) is 2. The van der Waals surface area contributed by atoms with Gasteiger partial charge in [-0.1, -0.05) is 57.2 Å². The number of piperidine rings is 1. The number of ether oxygens (including phenoxy) is 2. The molecular formula is C43H53N5O8S. The molecule has 2 unspecified atom stereocenters. The lowest BCUT2D eigenvalue weighted by molar-refractivity contribution is -0.148. The van der Waals surface area contributed by atoms with E-state index in [9.17, 15) is 27.6 Å². The number of hydrogen-bond acceptors (Lipinski definition) is 9. The fourth-order valence-corrected chi connectivity index (χ4v) is 9.51. The minimum Gasteiger partial charge on any atom is -0.497 e. The number of aromatic nitrogens is 1. The van der Waals surface area contributed by atoms with Gasteiger partial charge in [-0.3, -0.25) is 23.9 Å². The van der Waals surface area contributed by atoms with Gasteiger partial charge in [-0.15, -0.1) is 6.58 Å². The molecule has 0 radical (unpaired) electrons. The van der Waals surface area contributed by atoms with E-state index in [-0.39, 0.29) is 37.6 Å². The van der Waals surface area contributed by atoms with Crippen LogP contribution in [0, 0.1) is 17.3 Å². The number of carbonyl (C=O) groups is 4. The third kappa shape index (κ3) is 8.51. The quantitative estimate of drug-likeness (QED) is 0.227. The molecular weight excluding hydrogens is 747 g/mol. The second-order valence-corrected chi connectivity index (χ2v) is 18.9. The van der Waals surface area contributed by atoms with Gasteiger partial charge in [0.05, 0.1) is 36.0 Å². The molecule has 4 fully saturated rings. The smallest absolute Gasteiger partial charge is 0.259 e. The molecule has 7 rings (SSSR count). The minimum absolute atomic E-state index is 0.0140. The van der Waals surface area contributed by atoms with Gasteiger partial charge >= 0.3 is 0 Å². The second-order valence-electron chi connectivity index (χ2n) is 17.0. The van der Waals surface area contributed by atoms with E-state index in [2.05, 4.69) is 16.6 Å². The Hall–Kier alpha value is -4.98. The van der Waals surface area contributed by atoms with E-state index in [0.29, 0.717) is 54.0 Å². The highest BCUT2D eigenvalue weighted by atomic mass is 32.2. The molecule has 4 aliphatic rings. The summed E-state index contributed by atoms with van der Waals surface area (Å²) in [5.74, 6) is -2.03. The Morgan fingerprint density at radius 3 is 2.39 bits per heavy atom. The van der Waals surface area contributed by atoms with E-state index in [1.807, 2.05) is 80.3 Å². The topological polar surface area (TPSA) is 164 Å². The minimum atomic E-state index is -3.90. The predicted molar refractivity (Wildman–Crippen MR) is 216 cm³/mol. The molecule has 2 aliphatic carbocycles. The molecule has 2 saturated heterocycles. The highest BCUT2D eigenvalue weighted by Crippen LogP contribution is 2.46. The number of methoxy groups -OCH3 is 1. The van der Waals surface area contributed by atoms with Crippen LogP contribution in [0.1, 0.15) is 72.1 Å². The molecule has 13 nitrogen and oxygen atoms in total. The van der Waals surface area contributed by atoms with Crippen LogP contribution >= 0.6 is 0 Å². The zero-order valence-electron chi connectivity index (χ0n) is 33.2. The van der Waals surface area contributed by atoms with Crippen LogP contribution in [0.5, 0.6) is 11.5 Å². The highest BCUT2D eigenvalue weighted by Gasteiger charge is 2.62. The van der Waals surface area contributed by atoms with E-state index >= 15 is 0 Å². The molecule has 304 valence electrons. The van der Waals surface area contributed by atoms with Crippen LogP contribution in [0.25, 0.3) is 22.2 Å². The number of sulfonamides is 1. The summed E-state index contributed by atoms with van der Waals surface area (Å²) in [6, 6.07) is 15.9. The van der Waals surface area contributed by atoms with E-state index in [1.165, 1.54) is 11.0 Å². The van der Waals surface area contributed by atoms with Crippen molar-refractivity contribution in [2.75, 3.05) is 26.7 Å². The molecule has 2 aromatic carbocycles. The number of nitrogens with zero attached hydrogens (tertiary/aromatic N) is 3. The van der Waals surface area contributed by atoms with E-state index in [1.54, 1.807) is 7.11 Å². The van der Waals surface area contributed by atoms with Gasteiger partial charge in [0, 0.05) is 54.9 Å². The lowest BCUT2D eigenvalue weighted by Crippen LogP contribution is -2.57. The molecule has 0 spiro atoms. The average Bonchev–Trinajstić information content (AvgIpc) is 4.13. The first kappa shape index (κ1) is 40.2. The van der Waals surface area contributed by atoms with Crippen molar-refractivity contribution in [3.63, 3.8) is 0 Å². The summed E-state index contributed by atoms with van der Waals surface area (Å²) in [6.45, 7) is 10.9. The molecule has 2 N–H and O–H groups in total. The van der Waals surface area contributed by atoms with Gasteiger partial charge in [-0.25, -0.2) is 13.4 Å². The second kappa shape index (κ2) is 15.8. The molecule has 57 heavy (non-hydrogen) atoms. The maximum absolute atomic E-state index is 14.9. The van der Waals surface area contributed by atoms with Crippen molar-refractivity contribution < 1.29 is 37.1 Å². The van der Waals surface area contributed by atoms with Gasteiger partial charge in [-0.05, 0) is 56.1 Å². The predicted octanol–water partition coefficient (Wildman–Crippen LogP) is 4.99. The highest BCUT2D eigenvalue weighted by molar-refractivity contribution is 7.91. The largest absolute Gasteiger partial charge is 0.497 e. The van der Waals surface area contributed by atoms with Crippen molar-refractivity contribution in [2.45, 2.75) is 95.1 Å². The van der Waals surface area contributed by atoms with Crippen LogP contribution in [-0.4, -0.2) is 96.5 Å². The Morgan fingerprint density at radius 2 is 1.75 bits per heavy atom. The number of benzene rings is 2. The van der Waals surface area contributed by atoms with Crippen LogP contribution in [0.3, 0.4) is 0 Å². The normalized spacial score (nSPS) is 24.0. The Morgan fingerprint density at radius 1 is 1.04 bits per heavy atom. The fraction of sp³-hybridized carbons (Fsp3) is 0.512. The first-order valence-corrected chi connectivity index (χ1v) is 21.5. The zero-order valence-corrected chi connectivity index (χ0v) is 34.0. The molecule has 1 aromatic heterocycles. The van der Waals surface area contributed by atoms with Crippen molar-refractivity contribution in [1.82, 2.24) is 24.8 Å². The maximum Gasteiger partial charge on any atom is 0.259 e. The van der Waals surface area contributed by atoms with Crippen LogP contribution in [-0.2, 0) is 29.2 Å². The van der Waals surface area contributed by atoms with Gasteiger partial charge in [0.2, 0.25) is 27.7 Å². The summed E-state index contributed by atoms with van der Waals surface area (Å²) < 4.78 is 40.1. The van der Waals surface area contributed by atoms with Crippen molar-refractivity contribution in [1.29, 1.82) is 0 Å². The zero-order chi connectivity index (χ0) is 40.7. The molecule has 14 heteroatoms. The number of pyridine rings is 1. The molecule has 0 bridgehead atoms. The summed E-state index contributed by atoms with van der Waals surface area (Å²) in [7, 11) is -2.31. The Labute approximate surface area is 334 Å². The Bertz CT molecular complexity index is 2160. The van der Waals surface area contributed by atoms with E-state index in [4.69, 9.17) is 14.5 Å². The Balaban J connectivity index is 1.21. The number of rotatable bonds is 13. The van der Waals surface area contributed by atoms with Crippen molar-refractivity contribution in [3.05, 3.63) is 67.3 Å². The summed E-state index contributed by atoms with van der Waals surface area (Å²) in [6.07, 6.45) is 4.91. The third-order valence-corrected chi connectivity index (χ3v) is 13.7. The lowest BCUT2D eigenvalue weighted by atomic mass is 9.77. The standard InChI is InChI=1S/C43H53N5O8S/c1-6-28-25-43(28,41(52)46-57(53,54)31-16-17-31)45-39(50)36-22-30(26-48(36)40(51)33(42(2,3)4)23-38(49)47-19-11-8-12-20-47)56-37-24-34(27-13-9-7-10-14-27)44-35-21-29(55-5)15-18-32(35)37/h6-7,9-10,13-15,18,21,24,28,30-31,33,36H,1,8,11-12,16-17,19-20,22-23,25-26H2,2-5H3,(H,45,50)(H,46,52)/t28-,30?,33-,36?,43-/m1/s1. The van der Waals surface area contributed by atoms with Crippen LogP contribution in [0.4, 0.5) is 0 Å². The molecule has 2 saturated carbocycles. The number of amides is 4. The number of hydrogen-bond donors (Lipinski definition) is 2. The van der Waals surface area contributed by atoms with Gasteiger partial charge in [-0.2, -0.15) is 0 Å². The SMILES string of the molecule is C=C[C@@H]1C[C@]1(NC(=O)C1CC(Oc2cc(-c3ccccc3)nc3cc(OC)ccc23)CN1C(=O)[C@@H](CC(=O)N1CCCCC1)C(C)(C)C)C(=O)NS(=O)(=O)C1CC1. The van der Waals surface area contributed by atoms with Crippen LogP contribution < -0.4 is 19.5 Å². The number of carbonyl (C=O) groups excluding carboxylic acids is 4. The fourth-order valence-electron chi connectivity index (χ4n) is 8.14. The monoisotopic (exact) mass is 799 g/mol. The molecule has 3 aromatic rings. The lowest BCUT2D eigenvalue weighted by Gasteiger charge is -2.36. The van der Waals surface area contributed by atoms with Crippen molar-refractivity contribution in [2.24, 2.45) is 17.3 Å². The van der Waals surface area contributed by atoms with E-state index < -0.39 is 62.0 Å². The van der Waals surface area contributed by atoms with Gasteiger partial charge in [0.25, 0.3) is 5.91 Å². The maximum atomic E-state index is 14.9. The Kier molecular flexibility index (Phi) is 11.1. The van der Waals surface area contributed by atoms with Gasteiger partial charge < -0.3 is 24.6 Å². The number of fused-ring (bicyclic) bond motifs is 1. The van der Waals surface area contributed by atoms with Crippen LogP contribution in [0.2, 0.25) is 0 Å². The van der Waals surface area contributed by atoms with Crippen molar-refractivity contribution in [3.8, 4) is 22.8 Å². The van der Waals surface area contributed by atoms with E-state index in [0.717, 1.165) is 24.8 Å². The summed E-state index contributed by atoms with van der Waals surface area (Å²) >= 11 is 0. The van der Waals surface area contributed by atoms with Gasteiger partial charge in [0.1, 0.15) is 29.2 Å². The molecule has 2 aliphatic heterocycles. The van der Waals surface area contributed by atoms with Gasteiger partial charge in [0.15, 0.2) is 0 Å². The first-order valence-electron chi connectivity index (χ1n) is 19.9. The summed E-state index contributed by atoms with van der Waals surface area (Å²) in [4.78, 5) is 64.9. The first-order chi connectivity index (χ1) is 27.1. The summed E-state index contributed by atoms with van der Waals surface area (Å²) in [5.41, 5.74) is -0.0157. The molecule has 3 heterocycles. The molecule has 5 atom stereocenters. The number of nitrogens with one attached hydrogen (secondary N) is 2. The van der Waals surface area contributed by atoms with Crippen LogP contribution in [0.15, 0.2) is 67.3 Å². The summed E-state index contributed by atoms with van der Waals surface area (Å²) in [5, 5.41) is 2.94.